The van der Waals surface area contributed by atoms with E-state index in [1.54, 1.807) is 12.1 Å². The molecule has 26 heavy (non-hydrogen) atoms. The molecule has 0 bridgehead atoms. The maximum atomic E-state index is 13.2. The summed E-state index contributed by atoms with van der Waals surface area (Å²) in [5.74, 6) is 0.476. The number of para-hydroxylation sites is 1. The molecule has 138 valence electrons. The van der Waals surface area contributed by atoms with Gasteiger partial charge in [0.25, 0.3) is 0 Å². The molecule has 2 aromatic carbocycles. The van der Waals surface area contributed by atoms with Crippen molar-refractivity contribution in [3.8, 4) is 11.5 Å². The summed E-state index contributed by atoms with van der Waals surface area (Å²) in [7, 11) is -2.67. The zero-order chi connectivity index (χ0) is 18.6. The molecular weight excluding hydrogens is 354 g/mol. The summed E-state index contributed by atoms with van der Waals surface area (Å²) in [5.41, 5.74) is 0. The van der Waals surface area contributed by atoms with Crippen LogP contribution in [0.5, 0.6) is 11.5 Å². The van der Waals surface area contributed by atoms with E-state index in [4.69, 9.17) is 9.47 Å². The lowest BCUT2D eigenvalue weighted by Gasteiger charge is -2.34. The summed E-state index contributed by atoms with van der Waals surface area (Å²) in [6, 6.07) is 15.3. The average molecular weight is 375 g/mol. The summed E-state index contributed by atoms with van der Waals surface area (Å²) in [4.78, 5) is 12.5. The Kier molecular flexibility index (Phi) is 5.29. The first-order chi connectivity index (χ1) is 12.5. The van der Waals surface area contributed by atoms with Crippen molar-refractivity contribution in [2.75, 3.05) is 20.2 Å². The van der Waals surface area contributed by atoms with Gasteiger partial charge in [-0.3, -0.25) is 4.79 Å². The normalized spacial score (nSPS) is 16.7. The summed E-state index contributed by atoms with van der Waals surface area (Å²) in [5, 5.41) is 3.09. The van der Waals surface area contributed by atoms with E-state index in [0.29, 0.717) is 24.6 Å². The highest BCUT2D eigenvalue weighted by Gasteiger charge is 2.52. The van der Waals surface area contributed by atoms with E-state index < -0.39 is 20.6 Å². The van der Waals surface area contributed by atoms with Gasteiger partial charge in [0.1, 0.15) is 11.5 Å². The molecular formula is C19H21NO5S. The molecule has 0 spiro atoms. The molecule has 0 aliphatic carbocycles. The molecule has 3 rings (SSSR count). The fourth-order valence-electron chi connectivity index (χ4n) is 3.14. The maximum absolute atomic E-state index is 13.2. The fraction of sp³-hybridized carbons (Fsp3) is 0.316. The van der Waals surface area contributed by atoms with Gasteiger partial charge in [-0.05, 0) is 62.3 Å². The number of hydrogen-bond donors (Lipinski definition) is 1. The minimum absolute atomic E-state index is 0.0882. The Morgan fingerprint density at radius 1 is 0.962 bits per heavy atom. The number of ether oxygens (including phenoxy) is 2. The Morgan fingerprint density at radius 2 is 1.54 bits per heavy atom. The third-order valence-electron chi connectivity index (χ3n) is 4.60. The topological polar surface area (TPSA) is 81.7 Å². The lowest BCUT2D eigenvalue weighted by atomic mass is 9.97. The Morgan fingerprint density at radius 3 is 2.12 bits per heavy atom. The van der Waals surface area contributed by atoms with Gasteiger partial charge in [-0.1, -0.05) is 18.2 Å². The van der Waals surface area contributed by atoms with Gasteiger partial charge in [-0.15, -0.1) is 0 Å². The second kappa shape index (κ2) is 7.47. The quantitative estimate of drug-likeness (QED) is 0.809. The Bertz CT molecular complexity index is 857. The van der Waals surface area contributed by atoms with Gasteiger partial charge in [0, 0.05) is 0 Å². The zero-order valence-electron chi connectivity index (χ0n) is 14.5. The number of esters is 1. The van der Waals surface area contributed by atoms with Gasteiger partial charge in [-0.25, -0.2) is 8.42 Å². The van der Waals surface area contributed by atoms with Crippen LogP contribution in [-0.2, 0) is 19.4 Å². The predicted octanol–water partition coefficient (Wildman–Crippen LogP) is 2.55. The van der Waals surface area contributed by atoms with Crippen LogP contribution in [0, 0.1) is 0 Å². The lowest BCUT2D eigenvalue weighted by Crippen LogP contribution is -2.53. The van der Waals surface area contributed by atoms with Crippen molar-refractivity contribution in [3.63, 3.8) is 0 Å². The highest BCUT2D eigenvalue weighted by molar-refractivity contribution is 7.93. The number of carbonyl (C=O) groups excluding carboxylic acids is 1. The van der Waals surface area contributed by atoms with Crippen LogP contribution in [0.1, 0.15) is 12.8 Å². The van der Waals surface area contributed by atoms with Crippen molar-refractivity contribution in [1.29, 1.82) is 0 Å². The Labute approximate surface area is 153 Å². The first kappa shape index (κ1) is 18.4. The summed E-state index contributed by atoms with van der Waals surface area (Å²) >= 11 is 0. The molecule has 1 aliphatic heterocycles. The zero-order valence-corrected chi connectivity index (χ0v) is 15.3. The summed E-state index contributed by atoms with van der Waals surface area (Å²) in [6.07, 6.45) is 0.370. The third-order valence-corrected chi connectivity index (χ3v) is 7.09. The van der Waals surface area contributed by atoms with Gasteiger partial charge in [0.2, 0.25) is 0 Å². The number of rotatable bonds is 5. The minimum Gasteiger partial charge on any atom is -0.468 e. The van der Waals surface area contributed by atoms with E-state index in [9.17, 15) is 13.2 Å². The molecule has 0 saturated carbocycles. The maximum Gasteiger partial charge on any atom is 0.327 e. The molecule has 2 aromatic rings. The van der Waals surface area contributed by atoms with Crippen LogP contribution in [0.2, 0.25) is 0 Å². The number of methoxy groups -OCH3 is 1. The molecule has 1 saturated heterocycles. The van der Waals surface area contributed by atoms with Crippen molar-refractivity contribution in [2.24, 2.45) is 0 Å². The molecule has 1 heterocycles. The van der Waals surface area contributed by atoms with Crippen LogP contribution in [-0.4, -0.2) is 39.3 Å². The second-order valence-electron chi connectivity index (χ2n) is 6.13. The number of hydrogen-bond acceptors (Lipinski definition) is 6. The molecule has 1 N–H and O–H groups in total. The number of benzene rings is 2. The van der Waals surface area contributed by atoms with Crippen molar-refractivity contribution in [2.45, 2.75) is 22.5 Å². The highest BCUT2D eigenvalue weighted by Crippen LogP contribution is 2.35. The minimum atomic E-state index is -3.89. The first-order valence-electron chi connectivity index (χ1n) is 8.36. The molecule has 0 atom stereocenters. The van der Waals surface area contributed by atoms with Gasteiger partial charge in [0.15, 0.2) is 14.6 Å². The number of carbonyl (C=O) groups is 1. The van der Waals surface area contributed by atoms with E-state index in [-0.39, 0.29) is 17.7 Å². The van der Waals surface area contributed by atoms with Crippen LogP contribution in [0.25, 0.3) is 0 Å². The van der Waals surface area contributed by atoms with Crippen LogP contribution in [0.3, 0.4) is 0 Å². The Balaban J connectivity index is 1.90. The van der Waals surface area contributed by atoms with Crippen molar-refractivity contribution in [3.05, 3.63) is 54.6 Å². The van der Waals surface area contributed by atoms with Crippen LogP contribution >= 0.6 is 0 Å². The van der Waals surface area contributed by atoms with Crippen LogP contribution in [0.4, 0.5) is 0 Å². The van der Waals surface area contributed by atoms with Gasteiger partial charge in [-0.2, -0.15) is 0 Å². The number of nitrogens with one attached hydrogen (secondary N) is 1. The van der Waals surface area contributed by atoms with E-state index >= 15 is 0 Å². The van der Waals surface area contributed by atoms with E-state index in [1.165, 1.54) is 19.2 Å². The standard InChI is InChI=1S/C19H21NO5S/c1-24-18(21)19(11-13-20-14-12-19)26(22,23)17-9-7-16(8-10-17)25-15-5-3-2-4-6-15/h2-10,20H,11-14H2,1H3. The van der Waals surface area contributed by atoms with Crippen molar-refractivity contribution in [1.82, 2.24) is 5.32 Å². The van der Waals surface area contributed by atoms with Gasteiger partial charge < -0.3 is 14.8 Å². The third kappa shape index (κ3) is 3.32. The van der Waals surface area contributed by atoms with E-state index in [1.807, 2.05) is 30.3 Å². The largest absolute Gasteiger partial charge is 0.468 e. The molecule has 0 amide bonds. The molecule has 6 nitrogen and oxygen atoms in total. The average Bonchev–Trinajstić information content (AvgIpc) is 2.69. The summed E-state index contributed by atoms with van der Waals surface area (Å²) < 4.78 is 35.4. The van der Waals surface area contributed by atoms with E-state index in [2.05, 4.69) is 5.32 Å². The summed E-state index contributed by atoms with van der Waals surface area (Å²) in [6.45, 7) is 0.896. The predicted molar refractivity (Wildman–Crippen MR) is 97.0 cm³/mol. The number of piperidine rings is 1. The van der Waals surface area contributed by atoms with Crippen molar-refractivity contribution < 1.29 is 22.7 Å². The monoisotopic (exact) mass is 375 g/mol. The SMILES string of the molecule is COC(=O)C1(S(=O)(=O)c2ccc(Oc3ccccc3)cc2)CCNCC1. The van der Waals surface area contributed by atoms with Gasteiger partial charge in [0.05, 0.1) is 12.0 Å². The van der Waals surface area contributed by atoms with Gasteiger partial charge >= 0.3 is 5.97 Å². The number of sulfone groups is 1. The van der Waals surface area contributed by atoms with Crippen molar-refractivity contribution >= 4 is 15.8 Å². The molecule has 1 aliphatic rings. The van der Waals surface area contributed by atoms with E-state index in [0.717, 1.165) is 0 Å². The highest BCUT2D eigenvalue weighted by atomic mass is 32.2. The fourth-order valence-corrected chi connectivity index (χ4v) is 5.13. The van der Waals surface area contributed by atoms with Crippen LogP contribution in [0.15, 0.2) is 59.5 Å². The molecule has 0 aromatic heterocycles. The molecule has 1 fully saturated rings. The molecule has 7 heteroatoms. The van der Waals surface area contributed by atoms with Crippen LogP contribution < -0.4 is 10.1 Å². The molecule has 0 radical (unpaired) electrons. The first-order valence-corrected chi connectivity index (χ1v) is 9.85. The smallest absolute Gasteiger partial charge is 0.327 e. The second-order valence-corrected chi connectivity index (χ2v) is 8.39. The lowest BCUT2D eigenvalue weighted by molar-refractivity contribution is -0.144. The Hall–Kier alpha value is -2.38. The molecule has 0 unspecified atom stereocenters.